The average Bonchev–Trinajstić information content (AvgIpc) is 3.42. The van der Waals surface area contributed by atoms with Gasteiger partial charge in [-0.25, -0.2) is 0 Å². The second-order valence-electron chi connectivity index (χ2n) is 7.57. The number of nitrogens with one attached hydrogen (secondary N) is 3. The van der Waals surface area contributed by atoms with Gasteiger partial charge in [-0.15, -0.1) is 0 Å². The van der Waals surface area contributed by atoms with Crippen molar-refractivity contribution in [3.8, 4) is 11.3 Å². The van der Waals surface area contributed by atoms with Gasteiger partial charge in [0.2, 0.25) is 5.91 Å². The molecule has 2 aromatic carbocycles. The molecule has 10 nitrogen and oxygen atoms in total. The molecule has 11 heteroatoms. The average molecular weight is 480 g/mol. The number of halogens is 1. The maximum absolute atomic E-state index is 13.1. The molecule has 1 aliphatic rings. The molecule has 174 valence electrons. The van der Waals surface area contributed by atoms with Crippen LogP contribution in [-0.4, -0.2) is 46.9 Å². The zero-order chi connectivity index (χ0) is 24.5. The molecule has 4 rings (SSSR count). The molecule has 1 atom stereocenters. The van der Waals surface area contributed by atoms with Gasteiger partial charge in [0.05, 0.1) is 6.67 Å². The van der Waals surface area contributed by atoms with Gasteiger partial charge in [-0.05, 0) is 17.7 Å². The van der Waals surface area contributed by atoms with Crippen molar-refractivity contribution in [3.63, 3.8) is 0 Å². The van der Waals surface area contributed by atoms with Crippen molar-refractivity contribution in [2.45, 2.75) is 5.54 Å². The van der Waals surface area contributed by atoms with Gasteiger partial charge in [0.1, 0.15) is 22.1 Å². The van der Waals surface area contributed by atoms with Crippen LogP contribution in [0.1, 0.15) is 15.9 Å². The zero-order valence-corrected chi connectivity index (χ0v) is 19.2. The van der Waals surface area contributed by atoms with E-state index in [1.807, 2.05) is 30.3 Å². The van der Waals surface area contributed by atoms with E-state index in [4.69, 9.17) is 17.3 Å². The number of hydrogen-bond acceptors (Lipinski definition) is 6. The molecule has 1 unspecified atom stereocenters. The summed E-state index contributed by atoms with van der Waals surface area (Å²) in [6.07, 6.45) is 0. The molecule has 0 spiro atoms. The molecular weight excluding hydrogens is 458 g/mol. The monoisotopic (exact) mass is 479 g/mol. The number of hydrogen-bond donors (Lipinski definition) is 4. The normalized spacial score (nSPS) is 17.2. The topological polar surface area (TPSA) is 144 Å². The minimum Gasteiger partial charge on any atom is -0.367 e. The summed E-state index contributed by atoms with van der Waals surface area (Å²) in [7, 11) is 3.10. The number of nitrogens with two attached hydrogens (primary N) is 1. The lowest BCUT2D eigenvalue weighted by molar-refractivity contribution is -0.123. The smallest absolute Gasteiger partial charge is 0.267 e. The molecule has 34 heavy (non-hydrogen) atoms. The summed E-state index contributed by atoms with van der Waals surface area (Å²) in [6, 6.07) is 15.6. The Bertz CT molecular complexity index is 1300. The fourth-order valence-corrected chi connectivity index (χ4v) is 4.10. The third-order valence-electron chi connectivity index (χ3n) is 5.58. The molecule has 0 bridgehead atoms. The number of aliphatic imine (C=N–C) groups is 1. The highest BCUT2D eigenvalue weighted by Crippen LogP contribution is 2.31. The van der Waals surface area contributed by atoms with Crippen LogP contribution < -0.4 is 21.7 Å². The summed E-state index contributed by atoms with van der Waals surface area (Å²) >= 11 is 6.38. The van der Waals surface area contributed by atoms with Gasteiger partial charge >= 0.3 is 0 Å². The minimum absolute atomic E-state index is 0.0195. The zero-order valence-electron chi connectivity index (χ0n) is 18.4. The van der Waals surface area contributed by atoms with E-state index in [2.05, 4.69) is 26.0 Å². The lowest BCUT2D eigenvalue weighted by Gasteiger charge is -2.27. The Kier molecular flexibility index (Phi) is 6.18. The summed E-state index contributed by atoms with van der Waals surface area (Å²) in [5, 5.41) is 12.8. The van der Waals surface area contributed by atoms with Gasteiger partial charge in [-0.3, -0.25) is 29.4 Å². The number of rotatable bonds is 6. The van der Waals surface area contributed by atoms with Gasteiger partial charge in [-0.1, -0.05) is 54.1 Å². The van der Waals surface area contributed by atoms with E-state index < -0.39 is 23.3 Å². The molecule has 0 radical (unpaired) electrons. The van der Waals surface area contributed by atoms with Crippen LogP contribution in [0.5, 0.6) is 0 Å². The molecular formula is C23H22ClN7O3. The van der Waals surface area contributed by atoms with Crippen LogP contribution in [0.4, 0.5) is 5.69 Å². The first-order valence-corrected chi connectivity index (χ1v) is 10.7. The predicted molar refractivity (Wildman–Crippen MR) is 128 cm³/mol. The van der Waals surface area contributed by atoms with Gasteiger partial charge < -0.3 is 16.4 Å². The number of amides is 3. The first-order chi connectivity index (χ1) is 16.3. The van der Waals surface area contributed by atoms with Crippen LogP contribution in [0.25, 0.3) is 11.3 Å². The Morgan fingerprint density at radius 1 is 1.09 bits per heavy atom. The minimum atomic E-state index is -1.57. The van der Waals surface area contributed by atoms with Gasteiger partial charge in [0.25, 0.3) is 11.8 Å². The fourth-order valence-electron chi connectivity index (χ4n) is 3.88. The van der Waals surface area contributed by atoms with Crippen molar-refractivity contribution in [3.05, 3.63) is 70.9 Å². The Morgan fingerprint density at radius 2 is 1.76 bits per heavy atom. The summed E-state index contributed by atoms with van der Waals surface area (Å²) in [4.78, 5) is 42.0. The van der Waals surface area contributed by atoms with E-state index in [0.29, 0.717) is 16.9 Å². The largest absolute Gasteiger partial charge is 0.367 e. The quantitative estimate of drug-likeness (QED) is 0.422. The van der Waals surface area contributed by atoms with Gasteiger partial charge in [0.15, 0.2) is 5.54 Å². The molecule has 5 N–H and O–H groups in total. The third kappa shape index (κ3) is 3.82. The number of nitrogens with zero attached hydrogens (tertiary/aromatic N) is 3. The van der Waals surface area contributed by atoms with E-state index in [1.54, 1.807) is 31.3 Å². The summed E-state index contributed by atoms with van der Waals surface area (Å²) in [6.45, 7) is 0.0615. The van der Waals surface area contributed by atoms with Crippen molar-refractivity contribution in [1.29, 1.82) is 0 Å². The number of aryl methyl sites for hydroxylation is 1. The molecule has 0 saturated heterocycles. The number of carbonyl (C=O) groups excluding carboxylic acids is 3. The second kappa shape index (κ2) is 9.08. The Morgan fingerprint density at radius 3 is 2.38 bits per heavy atom. The van der Waals surface area contributed by atoms with Crippen molar-refractivity contribution in [1.82, 2.24) is 20.4 Å². The maximum atomic E-state index is 13.1. The first kappa shape index (κ1) is 23.1. The first-order valence-electron chi connectivity index (χ1n) is 10.3. The summed E-state index contributed by atoms with van der Waals surface area (Å²) in [5.74, 6) is -1.72. The fraction of sp³-hybridized carbons (Fsp3) is 0.174. The highest BCUT2D eigenvalue weighted by atomic mass is 35.5. The van der Waals surface area contributed by atoms with Crippen molar-refractivity contribution in [2.24, 2.45) is 17.8 Å². The van der Waals surface area contributed by atoms with E-state index >= 15 is 0 Å². The molecule has 0 fully saturated rings. The van der Waals surface area contributed by atoms with E-state index in [1.165, 1.54) is 11.7 Å². The number of aromatic nitrogens is 2. The standard InChI is InChI=1S/C23H22ClN7O3/c1-26-21(33)18-23(22(25)34,28-12-27-18)14-8-10-15(11-9-14)29-20(32)16-17(30-31(2)19(16)24)13-6-4-3-5-7-13/h3-11,28H,12H2,1-2H3,(H2,25,34)(H,26,33)(H,29,32). The summed E-state index contributed by atoms with van der Waals surface area (Å²) < 4.78 is 1.43. The van der Waals surface area contributed by atoms with Crippen LogP contribution in [0.15, 0.2) is 59.6 Å². The van der Waals surface area contributed by atoms with Crippen LogP contribution in [0, 0.1) is 0 Å². The molecule has 3 aromatic rings. The Hall–Kier alpha value is -4.02. The van der Waals surface area contributed by atoms with Crippen molar-refractivity contribution in [2.75, 3.05) is 19.0 Å². The Balaban J connectivity index is 1.63. The van der Waals surface area contributed by atoms with Crippen molar-refractivity contribution >= 4 is 40.7 Å². The molecule has 1 aliphatic heterocycles. The van der Waals surface area contributed by atoms with Crippen LogP contribution in [0.3, 0.4) is 0 Å². The molecule has 3 amide bonds. The maximum Gasteiger partial charge on any atom is 0.267 e. The van der Waals surface area contributed by atoms with Crippen LogP contribution >= 0.6 is 11.6 Å². The van der Waals surface area contributed by atoms with Crippen LogP contribution in [0.2, 0.25) is 5.15 Å². The van der Waals surface area contributed by atoms with Gasteiger partial charge in [-0.2, -0.15) is 5.10 Å². The van der Waals surface area contributed by atoms with Crippen LogP contribution in [-0.2, 0) is 22.2 Å². The Labute approximate surface area is 200 Å². The van der Waals surface area contributed by atoms with Gasteiger partial charge in [0, 0.05) is 25.3 Å². The lowest BCUT2D eigenvalue weighted by Crippen LogP contribution is -2.58. The number of primary amides is 1. The summed E-state index contributed by atoms with van der Waals surface area (Å²) in [5.41, 5.74) is 6.39. The third-order valence-corrected chi connectivity index (χ3v) is 6.01. The highest BCUT2D eigenvalue weighted by Gasteiger charge is 2.49. The molecule has 0 saturated carbocycles. The lowest BCUT2D eigenvalue weighted by atomic mass is 9.84. The number of anilines is 1. The molecule has 0 aliphatic carbocycles. The number of carbonyl (C=O) groups is 3. The highest BCUT2D eigenvalue weighted by molar-refractivity contribution is 6.47. The van der Waals surface area contributed by atoms with E-state index in [0.717, 1.165) is 5.56 Å². The predicted octanol–water partition coefficient (Wildman–Crippen LogP) is 1.42. The second-order valence-corrected chi connectivity index (χ2v) is 7.93. The molecule has 2 heterocycles. The van der Waals surface area contributed by atoms with E-state index in [-0.39, 0.29) is 23.1 Å². The van der Waals surface area contributed by atoms with E-state index in [9.17, 15) is 14.4 Å². The SMILES string of the molecule is CNC(=O)C1=NCNC1(C(N)=O)c1ccc(NC(=O)c2c(-c3ccccc3)nn(C)c2Cl)cc1. The molecule has 1 aromatic heterocycles. The number of benzene rings is 2. The van der Waals surface area contributed by atoms with Crippen molar-refractivity contribution < 1.29 is 14.4 Å².